The molecule has 0 saturated carbocycles. The number of benzene rings is 3. The molecule has 0 heterocycles. The van der Waals surface area contributed by atoms with E-state index in [4.69, 9.17) is 0 Å². The summed E-state index contributed by atoms with van der Waals surface area (Å²) in [6.07, 6.45) is 1.08. The Morgan fingerprint density at radius 1 is 0.857 bits per heavy atom. The molecule has 0 aliphatic heterocycles. The second kappa shape index (κ2) is 9.51. The first-order chi connectivity index (χ1) is 13.6. The Balaban J connectivity index is 1.57. The molecule has 1 atom stereocenters. The minimum atomic E-state index is -0.170. The third-order valence-electron chi connectivity index (χ3n) is 4.54. The predicted molar refractivity (Wildman–Crippen MR) is 112 cm³/mol. The molecule has 28 heavy (non-hydrogen) atoms. The van der Waals surface area contributed by atoms with Crippen LogP contribution >= 0.6 is 0 Å². The monoisotopic (exact) mass is 372 g/mol. The molecule has 3 aromatic carbocycles. The van der Waals surface area contributed by atoms with Crippen LogP contribution in [-0.4, -0.2) is 11.8 Å². The molecule has 0 radical (unpaired) electrons. The number of hydrogen-bond acceptors (Lipinski definition) is 2. The maximum atomic E-state index is 12.6. The zero-order valence-corrected chi connectivity index (χ0v) is 15.9. The summed E-state index contributed by atoms with van der Waals surface area (Å²) in [5.74, 6) is -0.240. The minimum Gasteiger partial charge on any atom is -0.346 e. The van der Waals surface area contributed by atoms with E-state index in [1.54, 1.807) is 24.3 Å². The lowest BCUT2D eigenvalue weighted by atomic mass is 10.1. The zero-order valence-electron chi connectivity index (χ0n) is 15.9. The molecule has 4 heteroatoms. The van der Waals surface area contributed by atoms with Crippen molar-refractivity contribution in [2.45, 2.75) is 25.8 Å². The quantitative estimate of drug-likeness (QED) is 0.629. The van der Waals surface area contributed by atoms with Gasteiger partial charge in [-0.2, -0.15) is 0 Å². The van der Waals surface area contributed by atoms with Gasteiger partial charge in [-0.3, -0.25) is 9.59 Å². The fourth-order valence-electron chi connectivity index (χ4n) is 2.97. The highest BCUT2D eigenvalue weighted by Crippen LogP contribution is 2.15. The summed E-state index contributed by atoms with van der Waals surface area (Å²) in [5, 5.41) is 5.86. The zero-order chi connectivity index (χ0) is 19.8. The summed E-state index contributed by atoms with van der Waals surface area (Å²) in [6, 6.07) is 26.6. The Hall–Kier alpha value is -3.40. The molecule has 0 aliphatic rings. The van der Waals surface area contributed by atoms with Crippen molar-refractivity contribution in [3.63, 3.8) is 0 Å². The van der Waals surface area contributed by atoms with Crippen molar-refractivity contribution < 1.29 is 9.59 Å². The van der Waals surface area contributed by atoms with Gasteiger partial charge in [-0.25, -0.2) is 0 Å². The molecule has 2 amide bonds. The molecule has 0 bridgehead atoms. The van der Waals surface area contributed by atoms with Crippen molar-refractivity contribution in [2.75, 3.05) is 5.32 Å². The van der Waals surface area contributed by atoms with Crippen LogP contribution in [0.1, 0.15) is 40.9 Å². The van der Waals surface area contributed by atoms with Gasteiger partial charge in [0.2, 0.25) is 5.91 Å². The van der Waals surface area contributed by atoms with Crippen molar-refractivity contribution >= 4 is 17.5 Å². The van der Waals surface area contributed by atoms with Crippen LogP contribution in [0, 0.1) is 0 Å². The molecule has 0 fully saturated rings. The van der Waals surface area contributed by atoms with Gasteiger partial charge in [-0.05, 0) is 42.7 Å². The molecule has 0 aromatic heterocycles. The van der Waals surface area contributed by atoms with Crippen molar-refractivity contribution in [1.82, 2.24) is 5.32 Å². The molecule has 3 aromatic rings. The van der Waals surface area contributed by atoms with Crippen LogP contribution in [0.5, 0.6) is 0 Å². The van der Waals surface area contributed by atoms with Crippen molar-refractivity contribution in [3.05, 3.63) is 102 Å². The summed E-state index contributed by atoms with van der Waals surface area (Å²) >= 11 is 0. The lowest BCUT2D eigenvalue weighted by molar-refractivity contribution is -0.116. The molecule has 2 N–H and O–H groups in total. The van der Waals surface area contributed by atoms with Gasteiger partial charge in [0.05, 0.1) is 6.04 Å². The van der Waals surface area contributed by atoms with E-state index in [0.29, 0.717) is 24.1 Å². The third-order valence-corrected chi connectivity index (χ3v) is 4.54. The van der Waals surface area contributed by atoms with Crippen LogP contribution in [0.2, 0.25) is 0 Å². The SMILES string of the molecule is CC(NC(=O)c1cccc(NC(=O)CCc2ccccc2)c1)c1ccccc1. The Bertz CT molecular complexity index is 924. The number of carbonyl (C=O) groups excluding carboxylic acids is 2. The highest BCUT2D eigenvalue weighted by molar-refractivity contribution is 5.97. The predicted octanol–water partition coefficient (Wildman–Crippen LogP) is 4.75. The highest BCUT2D eigenvalue weighted by atomic mass is 16.2. The fourth-order valence-corrected chi connectivity index (χ4v) is 2.97. The number of hydrogen-bond donors (Lipinski definition) is 2. The Morgan fingerprint density at radius 3 is 2.25 bits per heavy atom. The second-order valence-corrected chi connectivity index (χ2v) is 6.72. The largest absolute Gasteiger partial charge is 0.346 e. The molecule has 0 spiro atoms. The van der Waals surface area contributed by atoms with Crippen LogP contribution in [-0.2, 0) is 11.2 Å². The average Bonchev–Trinajstić information content (AvgIpc) is 2.74. The van der Waals surface area contributed by atoms with Crippen LogP contribution in [0.15, 0.2) is 84.9 Å². The van der Waals surface area contributed by atoms with E-state index >= 15 is 0 Å². The molecule has 0 aliphatic carbocycles. The van der Waals surface area contributed by atoms with Crippen molar-refractivity contribution in [2.24, 2.45) is 0 Å². The summed E-state index contributed by atoms with van der Waals surface area (Å²) in [5.41, 5.74) is 3.31. The number of amides is 2. The second-order valence-electron chi connectivity index (χ2n) is 6.72. The van der Waals surface area contributed by atoms with E-state index in [1.165, 1.54) is 0 Å². The van der Waals surface area contributed by atoms with Gasteiger partial charge < -0.3 is 10.6 Å². The fraction of sp³-hybridized carbons (Fsp3) is 0.167. The lowest BCUT2D eigenvalue weighted by Crippen LogP contribution is -2.26. The first-order valence-corrected chi connectivity index (χ1v) is 9.41. The number of rotatable bonds is 7. The van der Waals surface area contributed by atoms with Gasteiger partial charge >= 0.3 is 0 Å². The molecule has 142 valence electrons. The summed E-state index contributed by atoms with van der Waals surface area (Å²) < 4.78 is 0. The average molecular weight is 372 g/mol. The number of nitrogens with one attached hydrogen (secondary N) is 2. The Kier molecular flexibility index (Phi) is 6.58. The Morgan fingerprint density at radius 2 is 1.54 bits per heavy atom. The molecule has 3 rings (SSSR count). The summed E-state index contributed by atoms with van der Waals surface area (Å²) in [6.45, 7) is 1.95. The molecule has 4 nitrogen and oxygen atoms in total. The first kappa shape index (κ1) is 19.4. The van der Waals surface area contributed by atoms with Gasteiger partial charge in [0.1, 0.15) is 0 Å². The van der Waals surface area contributed by atoms with E-state index in [2.05, 4.69) is 10.6 Å². The van der Waals surface area contributed by atoms with Crippen molar-refractivity contribution in [1.29, 1.82) is 0 Å². The third kappa shape index (κ3) is 5.55. The number of carbonyl (C=O) groups is 2. The molecule has 1 unspecified atom stereocenters. The normalized spacial score (nSPS) is 11.5. The van der Waals surface area contributed by atoms with Crippen LogP contribution in [0.25, 0.3) is 0 Å². The van der Waals surface area contributed by atoms with E-state index in [-0.39, 0.29) is 17.9 Å². The van der Waals surface area contributed by atoms with E-state index < -0.39 is 0 Å². The van der Waals surface area contributed by atoms with E-state index in [9.17, 15) is 9.59 Å². The van der Waals surface area contributed by atoms with Crippen LogP contribution in [0.4, 0.5) is 5.69 Å². The van der Waals surface area contributed by atoms with Crippen LogP contribution in [0.3, 0.4) is 0 Å². The van der Waals surface area contributed by atoms with E-state index in [1.807, 2.05) is 67.6 Å². The maximum absolute atomic E-state index is 12.6. The topological polar surface area (TPSA) is 58.2 Å². The van der Waals surface area contributed by atoms with Gasteiger partial charge in [-0.15, -0.1) is 0 Å². The lowest BCUT2D eigenvalue weighted by Gasteiger charge is -2.15. The van der Waals surface area contributed by atoms with Crippen LogP contribution < -0.4 is 10.6 Å². The maximum Gasteiger partial charge on any atom is 0.251 e. The Labute approximate surface area is 165 Å². The minimum absolute atomic E-state index is 0.0703. The first-order valence-electron chi connectivity index (χ1n) is 9.41. The van der Waals surface area contributed by atoms with Gasteiger partial charge in [-0.1, -0.05) is 66.7 Å². The number of anilines is 1. The number of aryl methyl sites for hydroxylation is 1. The van der Waals surface area contributed by atoms with E-state index in [0.717, 1.165) is 11.1 Å². The standard InChI is InChI=1S/C24H24N2O2/c1-18(20-11-6-3-7-12-20)25-24(28)21-13-8-14-22(17-21)26-23(27)16-15-19-9-4-2-5-10-19/h2-14,17-18H,15-16H2,1H3,(H,25,28)(H,26,27). The summed E-state index contributed by atoms with van der Waals surface area (Å²) in [7, 11) is 0. The molecule has 0 saturated heterocycles. The van der Waals surface area contributed by atoms with Crippen molar-refractivity contribution in [3.8, 4) is 0 Å². The highest BCUT2D eigenvalue weighted by Gasteiger charge is 2.12. The van der Waals surface area contributed by atoms with Gasteiger partial charge in [0.25, 0.3) is 5.91 Å². The smallest absolute Gasteiger partial charge is 0.251 e. The van der Waals surface area contributed by atoms with Gasteiger partial charge in [0.15, 0.2) is 0 Å². The summed E-state index contributed by atoms with van der Waals surface area (Å²) in [4.78, 5) is 24.8. The van der Waals surface area contributed by atoms with Gasteiger partial charge in [0, 0.05) is 17.7 Å². The molecular formula is C24H24N2O2. The molecular weight excluding hydrogens is 348 g/mol.